The number of carbonyl (C=O) groups is 1. The van der Waals surface area contributed by atoms with Crippen molar-refractivity contribution in [2.24, 2.45) is 0 Å². The van der Waals surface area contributed by atoms with Crippen LogP contribution in [0.1, 0.15) is 51.4 Å². The Morgan fingerprint density at radius 1 is 0.650 bits per heavy atom. The van der Waals surface area contributed by atoms with Crippen LogP contribution in [-0.4, -0.2) is 42.4 Å². The smallest absolute Gasteiger partial charge is 0.163 e. The predicted octanol–water partition coefficient (Wildman–Crippen LogP) is 6.41. The summed E-state index contributed by atoms with van der Waals surface area (Å²) in [6.45, 7) is 0. The van der Waals surface area contributed by atoms with Gasteiger partial charge in [-0.05, 0) is 84.5 Å². The number of phenols is 3. The number of aryl methyl sites for hydroxylation is 2. The van der Waals surface area contributed by atoms with Gasteiger partial charge in [-0.1, -0.05) is 18.2 Å². The number of aromatic hydroxyl groups is 3. The van der Waals surface area contributed by atoms with Crippen LogP contribution < -0.4 is 14.2 Å². The van der Waals surface area contributed by atoms with Crippen molar-refractivity contribution in [1.29, 1.82) is 0 Å². The Hall–Kier alpha value is -4.65. The number of rotatable bonds is 12. The van der Waals surface area contributed by atoms with E-state index in [0.717, 1.165) is 22.3 Å². The highest BCUT2D eigenvalue weighted by atomic mass is 16.5. The molecule has 3 N–H and O–H groups in total. The molecule has 0 heterocycles. The van der Waals surface area contributed by atoms with Crippen molar-refractivity contribution in [1.82, 2.24) is 0 Å². The third-order valence-electron chi connectivity index (χ3n) is 7.09. The second kappa shape index (κ2) is 12.9. The number of ketones is 1. The predicted molar refractivity (Wildman–Crippen MR) is 153 cm³/mol. The molecule has 0 spiro atoms. The van der Waals surface area contributed by atoms with E-state index in [2.05, 4.69) is 0 Å². The van der Waals surface area contributed by atoms with Gasteiger partial charge in [0.2, 0.25) is 0 Å². The lowest BCUT2D eigenvalue weighted by atomic mass is 9.84. The maximum atomic E-state index is 12.9. The molecule has 7 heteroatoms. The van der Waals surface area contributed by atoms with E-state index < -0.39 is 0 Å². The molecule has 0 unspecified atom stereocenters. The lowest BCUT2D eigenvalue weighted by Gasteiger charge is -2.23. The topological polar surface area (TPSA) is 105 Å². The van der Waals surface area contributed by atoms with Gasteiger partial charge in [0.25, 0.3) is 0 Å². The van der Waals surface area contributed by atoms with Crippen LogP contribution in [0.2, 0.25) is 0 Å². The summed E-state index contributed by atoms with van der Waals surface area (Å²) in [4.78, 5) is 12.9. The molecular formula is C33H34O7. The van der Waals surface area contributed by atoms with Gasteiger partial charge in [-0.15, -0.1) is 0 Å². The molecule has 0 bridgehead atoms. The summed E-state index contributed by atoms with van der Waals surface area (Å²) in [5.74, 6) is 2.17. The van der Waals surface area contributed by atoms with E-state index in [0.29, 0.717) is 42.1 Å². The van der Waals surface area contributed by atoms with Gasteiger partial charge in [0.1, 0.15) is 34.5 Å². The van der Waals surface area contributed by atoms with Crippen molar-refractivity contribution < 1.29 is 34.3 Å². The zero-order valence-corrected chi connectivity index (χ0v) is 22.9. The zero-order valence-electron chi connectivity index (χ0n) is 22.9. The molecule has 0 aromatic heterocycles. The lowest BCUT2D eigenvalue weighted by Crippen LogP contribution is -2.08. The van der Waals surface area contributed by atoms with E-state index >= 15 is 0 Å². The molecule has 40 heavy (non-hydrogen) atoms. The van der Waals surface area contributed by atoms with E-state index in [1.165, 1.54) is 12.1 Å². The monoisotopic (exact) mass is 542 g/mol. The summed E-state index contributed by atoms with van der Waals surface area (Å²) in [6, 6.07) is 22.3. The standard InChI is InChI=1S/C33H34O7/c1-38-31-19-27(36)15-8-23(31)9-16-28(21-4-11-25(34)12-5-21)29-18-24(32(39-2)20-33(29)40-3)10-17-30(37)22-6-13-26(35)14-7-22/h4-8,11-15,18-20,28,34-36H,9-10,16-17H2,1-3H3/t28-/m1/s1. The maximum absolute atomic E-state index is 12.9. The molecule has 0 amide bonds. The number of hydrogen-bond acceptors (Lipinski definition) is 7. The minimum absolute atomic E-state index is 0.0334. The van der Waals surface area contributed by atoms with E-state index in [-0.39, 0.29) is 35.4 Å². The first-order valence-corrected chi connectivity index (χ1v) is 13.0. The van der Waals surface area contributed by atoms with Gasteiger partial charge in [-0.2, -0.15) is 0 Å². The quantitative estimate of drug-likeness (QED) is 0.178. The molecule has 4 rings (SSSR count). The molecule has 1 atom stereocenters. The average Bonchev–Trinajstić information content (AvgIpc) is 2.97. The summed E-state index contributed by atoms with van der Waals surface area (Å²) in [6.07, 6.45) is 2.05. The second-order valence-corrected chi connectivity index (χ2v) is 9.55. The van der Waals surface area contributed by atoms with Gasteiger partial charge >= 0.3 is 0 Å². The molecule has 7 nitrogen and oxygen atoms in total. The molecule has 0 saturated heterocycles. The first-order valence-electron chi connectivity index (χ1n) is 13.0. The van der Waals surface area contributed by atoms with Gasteiger partial charge < -0.3 is 29.5 Å². The Morgan fingerprint density at radius 3 is 1.85 bits per heavy atom. The van der Waals surface area contributed by atoms with Gasteiger partial charge in [-0.3, -0.25) is 4.79 Å². The van der Waals surface area contributed by atoms with Gasteiger partial charge in [-0.25, -0.2) is 0 Å². The van der Waals surface area contributed by atoms with E-state index in [9.17, 15) is 20.1 Å². The fourth-order valence-corrected chi connectivity index (χ4v) is 4.95. The van der Waals surface area contributed by atoms with Crippen LogP contribution in [0.5, 0.6) is 34.5 Å². The summed E-state index contributed by atoms with van der Waals surface area (Å²) in [5.41, 5.74) is 4.28. The molecule has 0 saturated carbocycles. The Bertz CT molecular complexity index is 1440. The third kappa shape index (κ3) is 6.67. The van der Waals surface area contributed by atoms with E-state index in [1.54, 1.807) is 57.7 Å². The van der Waals surface area contributed by atoms with Crippen molar-refractivity contribution in [3.05, 3.63) is 107 Å². The minimum atomic E-state index is -0.119. The van der Waals surface area contributed by atoms with Crippen molar-refractivity contribution in [2.45, 2.75) is 31.6 Å². The van der Waals surface area contributed by atoms with E-state index in [4.69, 9.17) is 14.2 Å². The van der Waals surface area contributed by atoms with Crippen molar-refractivity contribution in [3.8, 4) is 34.5 Å². The largest absolute Gasteiger partial charge is 0.508 e. The molecule has 0 aliphatic rings. The minimum Gasteiger partial charge on any atom is -0.508 e. The zero-order chi connectivity index (χ0) is 28.6. The van der Waals surface area contributed by atoms with Gasteiger partial charge in [0.05, 0.1) is 21.3 Å². The van der Waals surface area contributed by atoms with Crippen LogP contribution in [0, 0.1) is 0 Å². The molecule has 0 aliphatic heterocycles. The molecule has 0 radical (unpaired) electrons. The highest BCUT2D eigenvalue weighted by Crippen LogP contribution is 2.41. The third-order valence-corrected chi connectivity index (χ3v) is 7.09. The van der Waals surface area contributed by atoms with Crippen LogP contribution in [0.4, 0.5) is 0 Å². The summed E-state index contributed by atoms with van der Waals surface area (Å²) < 4.78 is 17.0. The Kier molecular flexibility index (Phi) is 9.17. The van der Waals surface area contributed by atoms with Crippen molar-refractivity contribution in [2.75, 3.05) is 21.3 Å². The fraction of sp³-hybridized carbons (Fsp3) is 0.242. The van der Waals surface area contributed by atoms with Crippen molar-refractivity contribution in [3.63, 3.8) is 0 Å². The maximum Gasteiger partial charge on any atom is 0.163 e. The summed E-state index contributed by atoms with van der Waals surface area (Å²) in [5, 5.41) is 29.4. The molecule has 208 valence electrons. The Morgan fingerprint density at radius 2 is 1.23 bits per heavy atom. The van der Waals surface area contributed by atoms with Crippen LogP contribution in [0.25, 0.3) is 0 Å². The van der Waals surface area contributed by atoms with Gasteiger partial charge in [0, 0.05) is 35.6 Å². The van der Waals surface area contributed by atoms with Crippen LogP contribution >= 0.6 is 0 Å². The highest BCUT2D eigenvalue weighted by molar-refractivity contribution is 5.96. The van der Waals surface area contributed by atoms with Gasteiger partial charge in [0.15, 0.2) is 5.78 Å². The molecule has 4 aromatic rings. The molecular weight excluding hydrogens is 508 g/mol. The van der Waals surface area contributed by atoms with Crippen LogP contribution in [0.3, 0.4) is 0 Å². The molecule has 0 fully saturated rings. The highest BCUT2D eigenvalue weighted by Gasteiger charge is 2.23. The number of ether oxygens (including phenoxy) is 3. The number of hydrogen-bond donors (Lipinski definition) is 3. The Balaban J connectivity index is 1.69. The first kappa shape index (κ1) is 28.4. The lowest BCUT2D eigenvalue weighted by molar-refractivity contribution is 0.0982. The molecule has 0 aliphatic carbocycles. The Labute approximate surface area is 234 Å². The van der Waals surface area contributed by atoms with Crippen LogP contribution in [-0.2, 0) is 12.8 Å². The fourth-order valence-electron chi connectivity index (χ4n) is 4.95. The molecule has 4 aromatic carbocycles. The number of benzene rings is 4. The van der Waals surface area contributed by atoms with Crippen molar-refractivity contribution >= 4 is 5.78 Å². The van der Waals surface area contributed by atoms with Crippen LogP contribution in [0.15, 0.2) is 78.9 Å². The first-order chi connectivity index (χ1) is 19.3. The SMILES string of the molecule is COc1cc(OC)c([C@H](CCc2ccc(O)cc2OC)c2ccc(O)cc2)cc1CCC(=O)c1ccc(O)cc1. The number of phenolic OH excluding ortho intramolecular Hbond substituents is 3. The number of Topliss-reactive ketones (excluding diaryl/α,β-unsaturated/α-hetero) is 1. The number of methoxy groups -OCH3 is 3. The normalized spacial score (nSPS) is 11.6. The second-order valence-electron chi connectivity index (χ2n) is 9.55. The summed E-state index contributed by atoms with van der Waals surface area (Å²) in [7, 11) is 4.78. The van der Waals surface area contributed by atoms with E-state index in [1.807, 2.05) is 30.3 Å². The number of carbonyl (C=O) groups excluding carboxylic acids is 1. The summed E-state index contributed by atoms with van der Waals surface area (Å²) >= 11 is 0. The average molecular weight is 543 g/mol.